The summed E-state index contributed by atoms with van der Waals surface area (Å²) in [5.74, 6) is 0.765. The van der Waals surface area contributed by atoms with Crippen molar-refractivity contribution in [3.05, 3.63) is 71.8 Å². The maximum Gasteiger partial charge on any atom is 0.410 e. The van der Waals surface area contributed by atoms with Gasteiger partial charge in [0.25, 0.3) is 0 Å². The molecule has 0 aromatic heterocycles. The minimum atomic E-state index is -0.432. The van der Waals surface area contributed by atoms with Gasteiger partial charge in [0.15, 0.2) is 0 Å². The van der Waals surface area contributed by atoms with Crippen molar-refractivity contribution in [1.29, 1.82) is 0 Å². The molecule has 1 N–H and O–H groups in total. The Morgan fingerprint density at radius 3 is 1.68 bits per heavy atom. The van der Waals surface area contributed by atoms with Crippen LogP contribution in [0.1, 0.15) is 37.8 Å². The first kappa shape index (κ1) is 28.5. The quantitative estimate of drug-likeness (QED) is 0.625. The van der Waals surface area contributed by atoms with Crippen molar-refractivity contribution in [3.63, 3.8) is 0 Å². The summed E-state index contributed by atoms with van der Waals surface area (Å²) in [6.07, 6.45) is 0.842. The number of ether oxygens (including phenoxy) is 3. The fraction of sp³-hybridized carbons (Fsp3) is 0.517. The Hall–Kier alpha value is -3.10. The second-order valence-corrected chi connectivity index (χ2v) is 10.1. The summed E-state index contributed by atoms with van der Waals surface area (Å²) in [7, 11) is 1.69. The minimum absolute atomic E-state index is 0.119. The standard InChI is InChI=1S/C15H21NO3.C14H19NO3/c1-12-8-14(18-2)10-16(9-12)15(17)19-11-13-6-4-3-5-7-13;1-11-7-13(16)9-15(8-11)14(17)18-10-12-5-3-2-4-6-12/h3-7,12,14H,8-11H2,1-2H3;2-6,11,13,16H,7-10H2,1H3/t12-,14+;11-,13+/m00/s1. The molecule has 2 fully saturated rings. The van der Waals surface area contributed by atoms with Crippen molar-refractivity contribution in [2.24, 2.45) is 11.8 Å². The first-order valence-corrected chi connectivity index (χ1v) is 13.0. The number of likely N-dealkylation sites (tertiary alicyclic amines) is 2. The Morgan fingerprint density at radius 1 is 0.757 bits per heavy atom. The number of methoxy groups -OCH3 is 1. The SMILES string of the molecule is CO[C@@H]1C[C@H](C)CN(C(=O)OCc2ccccc2)C1.C[C@H]1C[C@@H](O)CN(C(=O)OCc2ccccc2)C1. The Labute approximate surface area is 220 Å². The van der Waals surface area contributed by atoms with E-state index in [9.17, 15) is 14.7 Å². The molecule has 2 heterocycles. The van der Waals surface area contributed by atoms with Gasteiger partial charge in [0, 0.05) is 26.7 Å². The van der Waals surface area contributed by atoms with E-state index in [-0.39, 0.29) is 24.9 Å². The van der Waals surface area contributed by atoms with E-state index in [1.807, 2.05) is 67.6 Å². The van der Waals surface area contributed by atoms with Gasteiger partial charge in [-0.15, -0.1) is 0 Å². The fourth-order valence-electron chi connectivity index (χ4n) is 4.70. The van der Waals surface area contributed by atoms with E-state index in [2.05, 4.69) is 6.92 Å². The van der Waals surface area contributed by atoms with E-state index < -0.39 is 6.10 Å². The third-order valence-corrected chi connectivity index (χ3v) is 6.52. The number of aliphatic hydroxyl groups excluding tert-OH is 1. The number of hydrogen-bond acceptors (Lipinski definition) is 6. The van der Waals surface area contributed by atoms with Crippen LogP contribution in [0.4, 0.5) is 9.59 Å². The van der Waals surface area contributed by atoms with Crippen molar-refractivity contribution in [2.45, 2.75) is 52.1 Å². The van der Waals surface area contributed by atoms with Gasteiger partial charge in [0.1, 0.15) is 13.2 Å². The molecule has 0 aliphatic carbocycles. The predicted molar refractivity (Wildman–Crippen MR) is 141 cm³/mol. The number of nitrogens with zero attached hydrogens (tertiary/aromatic N) is 2. The predicted octanol–water partition coefficient (Wildman–Crippen LogP) is 4.71. The van der Waals surface area contributed by atoms with Crippen molar-refractivity contribution in [3.8, 4) is 0 Å². The van der Waals surface area contributed by atoms with E-state index in [4.69, 9.17) is 14.2 Å². The molecule has 8 nitrogen and oxygen atoms in total. The van der Waals surface area contributed by atoms with Crippen LogP contribution >= 0.6 is 0 Å². The number of carbonyl (C=O) groups excluding carboxylic acids is 2. The second-order valence-electron chi connectivity index (χ2n) is 10.1. The highest BCUT2D eigenvalue weighted by Gasteiger charge is 2.29. The summed E-state index contributed by atoms with van der Waals surface area (Å²) >= 11 is 0. The van der Waals surface area contributed by atoms with Gasteiger partial charge < -0.3 is 29.1 Å². The summed E-state index contributed by atoms with van der Waals surface area (Å²) < 4.78 is 15.9. The highest BCUT2D eigenvalue weighted by atomic mass is 16.6. The van der Waals surface area contributed by atoms with Crippen molar-refractivity contribution >= 4 is 12.2 Å². The average Bonchev–Trinajstić information content (AvgIpc) is 2.91. The number of β-amino-alcohol motifs (C(OH)–C–C–N with tert-alkyl or cyclic N) is 1. The second kappa shape index (κ2) is 14.6. The number of carbonyl (C=O) groups is 2. The number of benzene rings is 2. The maximum absolute atomic E-state index is 12.0. The van der Waals surface area contributed by atoms with E-state index in [1.165, 1.54) is 0 Å². The molecule has 0 radical (unpaired) electrons. The van der Waals surface area contributed by atoms with Gasteiger partial charge in [-0.25, -0.2) is 9.59 Å². The van der Waals surface area contributed by atoms with Gasteiger partial charge in [0.05, 0.1) is 18.8 Å². The lowest BCUT2D eigenvalue weighted by atomic mass is 9.98. The summed E-state index contributed by atoms with van der Waals surface area (Å²) in [6, 6.07) is 19.3. The lowest BCUT2D eigenvalue weighted by Gasteiger charge is -2.34. The lowest BCUT2D eigenvalue weighted by Crippen LogP contribution is -2.46. The van der Waals surface area contributed by atoms with Crippen LogP contribution in [0.2, 0.25) is 0 Å². The molecule has 2 aromatic carbocycles. The normalized spacial score (nSPS) is 23.5. The monoisotopic (exact) mass is 512 g/mol. The Bertz CT molecular complexity index is 947. The average molecular weight is 513 g/mol. The van der Waals surface area contributed by atoms with Crippen LogP contribution in [0.5, 0.6) is 0 Å². The zero-order valence-electron chi connectivity index (χ0n) is 22.1. The Kier molecular flexibility index (Phi) is 11.2. The van der Waals surface area contributed by atoms with Crippen LogP contribution in [0.3, 0.4) is 0 Å². The molecule has 37 heavy (non-hydrogen) atoms. The molecular formula is C29H40N2O6. The Balaban J connectivity index is 0.000000206. The van der Waals surface area contributed by atoms with Crippen LogP contribution in [-0.2, 0) is 27.4 Å². The highest BCUT2D eigenvalue weighted by molar-refractivity contribution is 5.68. The number of hydrogen-bond donors (Lipinski definition) is 1. The maximum atomic E-state index is 12.0. The third-order valence-electron chi connectivity index (χ3n) is 6.52. The lowest BCUT2D eigenvalue weighted by molar-refractivity contribution is 0.00550. The van der Waals surface area contributed by atoms with E-state index in [0.29, 0.717) is 38.1 Å². The molecule has 202 valence electrons. The van der Waals surface area contributed by atoms with Gasteiger partial charge in [-0.05, 0) is 35.8 Å². The van der Waals surface area contributed by atoms with Crippen LogP contribution in [0, 0.1) is 11.8 Å². The van der Waals surface area contributed by atoms with Crippen LogP contribution in [0.25, 0.3) is 0 Å². The van der Waals surface area contributed by atoms with E-state index in [1.54, 1.807) is 16.9 Å². The fourth-order valence-corrected chi connectivity index (χ4v) is 4.70. The van der Waals surface area contributed by atoms with Crippen LogP contribution in [-0.4, -0.2) is 72.6 Å². The van der Waals surface area contributed by atoms with Crippen LogP contribution < -0.4 is 0 Å². The van der Waals surface area contributed by atoms with Gasteiger partial charge in [-0.2, -0.15) is 0 Å². The molecule has 0 unspecified atom stereocenters. The topological polar surface area (TPSA) is 88.5 Å². The zero-order valence-corrected chi connectivity index (χ0v) is 22.1. The summed E-state index contributed by atoms with van der Waals surface area (Å²) in [6.45, 7) is 7.15. The molecular weight excluding hydrogens is 472 g/mol. The third kappa shape index (κ3) is 9.70. The smallest absolute Gasteiger partial charge is 0.410 e. The molecule has 2 amide bonds. The first-order chi connectivity index (χ1) is 17.8. The van der Waals surface area contributed by atoms with Crippen molar-refractivity contribution < 1.29 is 28.9 Å². The molecule has 0 spiro atoms. The van der Waals surface area contributed by atoms with Gasteiger partial charge in [-0.1, -0.05) is 74.5 Å². The van der Waals surface area contributed by atoms with Crippen molar-refractivity contribution in [2.75, 3.05) is 33.3 Å². The number of rotatable bonds is 5. The summed E-state index contributed by atoms with van der Waals surface area (Å²) in [5, 5.41) is 9.63. The zero-order chi connectivity index (χ0) is 26.6. The summed E-state index contributed by atoms with van der Waals surface area (Å²) in [5.41, 5.74) is 1.97. The molecule has 0 saturated carbocycles. The molecule has 2 aromatic rings. The molecule has 0 bridgehead atoms. The van der Waals surface area contributed by atoms with E-state index in [0.717, 1.165) is 30.5 Å². The minimum Gasteiger partial charge on any atom is -0.445 e. The molecule has 4 rings (SSSR count). The molecule has 2 aliphatic rings. The molecule has 2 aliphatic heterocycles. The molecule has 4 atom stereocenters. The van der Waals surface area contributed by atoms with Gasteiger partial charge in [-0.3, -0.25) is 0 Å². The number of amides is 2. The number of aliphatic hydroxyl groups is 1. The van der Waals surface area contributed by atoms with E-state index >= 15 is 0 Å². The first-order valence-electron chi connectivity index (χ1n) is 13.0. The van der Waals surface area contributed by atoms with Gasteiger partial charge >= 0.3 is 12.2 Å². The molecule has 2 saturated heterocycles. The Morgan fingerprint density at radius 2 is 1.22 bits per heavy atom. The van der Waals surface area contributed by atoms with Crippen molar-refractivity contribution in [1.82, 2.24) is 9.80 Å². The largest absolute Gasteiger partial charge is 0.445 e. The van der Waals surface area contributed by atoms with Gasteiger partial charge in [0.2, 0.25) is 0 Å². The number of piperidine rings is 2. The molecule has 8 heteroatoms. The van der Waals surface area contributed by atoms with Crippen LogP contribution in [0.15, 0.2) is 60.7 Å². The highest BCUT2D eigenvalue weighted by Crippen LogP contribution is 2.19. The summed E-state index contributed by atoms with van der Waals surface area (Å²) in [4.78, 5) is 27.2.